The fourth-order valence-electron chi connectivity index (χ4n) is 2.50. The van der Waals surface area contributed by atoms with Crippen LogP contribution >= 0.6 is 11.3 Å². The molecule has 0 amide bonds. The number of fused-ring (bicyclic) bond motifs is 2. The molecule has 4 rings (SSSR count). The molecule has 0 saturated carbocycles. The Balaban J connectivity index is 1.95. The topological polar surface area (TPSA) is 60.9 Å². The number of nitrogen functional groups attached to an aromatic ring is 1. The Bertz CT molecular complexity index is 983. The molecular formula is C16H11N3OS. The second kappa shape index (κ2) is 4.43. The van der Waals surface area contributed by atoms with Crippen molar-refractivity contribution in [3.8, 4) is 0 Å². The number of para-hydroxylation sites is 1. The van der Waals surface area contributed by atoms with Gasteiger partial charge in [-0.15, -0.1) is 16.4 Å². The summed E-state index contributed by atoms with van der Waals surface area (Å²) in [4.78, 5) is 12.8. The Kier molecular flexibility index (Phi) is 2.55. The fourth-order valence-corrected chi connectivity index (χ4v) is 3.44. The van der Waals surface area contributed by atoms with E-state index in [4.69, 9.17) is 5.73 Å². The van der Waals surface area contributed by atoms with Gasteiger partial charge in [0.1, 0.15) is 0 Å². The molecule has 0 aliphatic heterocycles. The van der Waals surface area contributed by atoms with Gasteiger partial charge in [-0.05, 0) is 18.2 Å². The first-order valence-corrected chi connectivity index (χ1v) is 7.38. The van der Waals surface area contributed by atoms with Gasteiger partial charge >= 0.3 is 0 Å². The van der Waals surface area contributed by atoms with Crippen LogP contribution in [0.25, 0.3) is 21.0 Å². The highest BCUT2D eigenvalue weighted by molar-refractivity contribution is 7.17. The average molecular weight is 293 g/mol. The molecule has 2 aromatic carbocycles. The standard InChI is InChI=1S/C16H11N3OS/c17-15-11-6-1-3-7-13(11)19(18-15)16(20)12-9-21-14-8-4-2-5-10(12)14/h1-9H,(H2,17,18). The molecule has 0 fully saturated rings. The molecule has 0 bridgehead atoms. The number of hydrogen-bond acceptors (Lipinski definition) is 4. The molecule has 21 heavy (non-hydrogen) atoms. The van der Waals surface area contributed by atoms with Crippen LogP contribution in [0.2, 0.25) is 0 Å². The SMILES string of the molecule is Nc1nn(C(=O)c2csc3ccccc23)c2ccccc12. The highest BCUT2D eigenvalue weighted by Gasteiger charge is 2.18. The number of carbonyl (C=O) groups excluding carboxylic acids is 1. The third-order valence-corrected chi connectivity index (χ3v) is 4.48. The molecule has 0 atom stereocenters. The summed E-state index contributed by atoms with van der Waals surface area (Å²) in [6.45, 7) is 0. The quantitative estimate of drug-likeness (QED) is 0.584. The minimum atomic E-state index is -0.152. The molecule has 0 aliphatic carbocycles. The van der Waals surface area contributed by atoms with Crippen LogP contribution in [0, 0.1) is 0 Å². The number of nitrogens with two attached hydrogens (primary N) is 1. The van der Waals surface area contributed by atoms with Crippen LogP contribution in [0.5, 0.6) is 0 Å². The van der Waals surface area contributed by atoms with Crippen molar-refractivity contribution >= 4 is 44.1 Å². The van der Waals surface area contributed by atoms with Crippen LogP contribution in [0.3, 0.4) is 0 Å². The van der Waals surface area contributed by atoms with Gasteiger partial charge < -0.3 is 5.73 Å². The predicted molar refractivity (Wildman–Crippen MR) is 85.7 cm³/mol. The fraction of sp³-hybridized carbons (Fsp3) is 0. The first kappa shape index (κ1) is 12.1. The third kappa shape index (κ3) is 1.75. The van der Waals surface area contributed by atoms with E-state index in [1.807, 2.05) is 53.9 Å². The number of rotatable bonds is 1. The number of hydrogen-bond donors (Lipinski definition) is 1. The summed E-state index contributed by atoms with van der Waals surface area (Å²) in [5.74, 6) is 0.221. The Labute approximate surface area is 124 Å². The van der Waals surface area contributed by atoms with Gasteiger partial charge in [-0.2, -0.15) is 4.68 Å². The van der Waals surface area contributed by atoms with Gasteiger partial charge in [-0.25, -0.2) is 0 Å². The Morgan fingerprint density at radius 1 is 1.05 bits per heavy atom. The average Bonchev–Trinajstić information content (AvgIpc) is 3.09. The minimum absolute atomic E-state index is 0.152. The van der Waals surface area contributed by atoms with Crippen LogP contribution in [-0.2, 0) is 0 Å². The van der Waals surface area contributed by atoms with Gasteiger partial charge in [0.05, 0.1) is 11.1 Å². The van der Waals surface area contributed by atoms with Crippen LogP contribution < -0.4 is 5.73 Å². The lowest BCUT2D eigenvalue weighted by atomic mass is 10.1. The van der Waals surface area contributed by atoms with Crippen molar-refractivity contribution in [2.75, 3.05) is 5.73 Å². The second-order valence-electron chi connectivity index (χ2n) is 4.76. The van der Waals surface area contributed by atoms with Crippen LogP contribution in [-0.4, -0.2) is 15.7 Å². The van der Waals surface area contributed by atoms with Crippen LogP contribution in [0.15, 0.2) is 53.9 Å². The van der Waals surface area contributed by atoms with E-state index in [2.05, 4.69) is 5.10 Å². The summed E-state index contributed by atoms with van der Waals surface area (Å²) in [6.07, 6.45) is 0. The Morgan fingerprint density at radius 2 is 1.76 bits per heavy atom. The van der Waals surface area contributed by atoms with Gasteiger partial charge in [0.15, 0.2) is 5.82 Å². The van der Waals surface area contributed by atoms with E-state index in [1.165, 1.54) is 4.68 Å². The summed E-state index contributed by atoms with van der Waals surface area (Å²) in [7, 11) is 0. The molecule has 0 saturated heterocycles. The van der Waals surface area contributed by atoms with Crippen molar-refractivity contribution in [3.05, 3.63) is 59.5 Å². The molecule has 0 radical (unpaired) electrons. The van der Waals surface area contributed by atoms with E-state index in [9.17, 15) is 4.79 Å². The third-order valence-electron chi connectivity index (χ3n) is 3.52. The van der Waals surface area contributed by atoms with Gasteiger partial charge in [-0.3, -0.25) is 4.79 Å². The smallest absolute Gasteiger partial charge is 0.280 e. The maximum Gasteiger partial charge on any atom is 0.280 e. The molecule has 4 nitrogen and oxygen atoms in total. The van der Waals surface area contributed by atoms with E-state index < -0.39 is 0 Å². The molecule has 0 aliphatic rings. The van der Waals surface area contributed by atoms with Crippen molar-refractivity contribution in [3.63, 3.8) is 0 Å². The minimum Gasteiger partial charge on any atom is -0.382 e. The zero-order chi connectivity index (χ0) is 14.4. The molecule has 2 heterocycles. The van der Waals surface area contributed by atoms with Gasteiger partial charge in [0.25, 0.3) is 5.91 Å². The number of benzene rings is 2. The number of carbonyl (C=O) groups is 1. The first-order valence-electron chi connectivity index (χ1n) is 6.50. The van der Waals surface area contributed by atoms with Gasteiger partial charge in [0.2, 0.25) is 0 Å². The van der Waals surface area contributed by atoms with Gasteiger partial charge in [-0.1, -0.05) is 30.3 Å². The summed E-state index contributed by atoms with van der Waals surface area (Å²) in [6, 6.07) is 15.3. The van der Waals surface area contributed by atoms with E-state index in [-0.39, 0.29) is 5.91 Å². The summed E-state index contributed by atoms with van der Waals surface area (Å²) in [5, 5.41) is 7.82. The van der Waals surface area contributed by atoms with Crippen molar-refractivity contribution in [1.82, 2.24) is 9.78 Å². The highest BCUT2D eigenvalue weighted by Crippen LogP contribution is 2.28. The lowest BCUT2D eigenvalue weighted by molar-refractivity contribution is 0.0953. The normalized spacial score (nSPS) is 11.2. The molecule has 2 N–H and O–H groups in total. The molecular weight excluding hydrogens is 282 g/mol. The Hall–Kier alpha value is -2.66. The molecule has 5 heteroatoms. The maximum atomic E-state index is 12.8. The summed E-state index contributed by atoms with van der Waals surface area (Å²) >= 11 is 1.56. The van der Waals surface area contributed by atoms with Crippen molar-refractivity contribution in [2.45, 2.75) is 0 Å². The lowest BCUT2D eigenvalue weighted by Gasteiger charge is -2.01. The maximum absolute atomic E-state index is 12.8. The number of thiophene rings is 1. The number of anilines is 1. The molecule has 0 unspecified atom stereocenters. The first-order chi connectivity index (χ1) is 10.3. The van der Waals surface area contributed by atoms with Crippen molar-refractivity contribution < 1.29 is 4.79 Å². The molecule has 0 spiro atoms. The van der Waals surface area contributed by atoms with E-state index in [0.29, 0.717) is 11.4 Å². The molecule has 102 valence electrons. The monoisotopic (exact) mass is 293 g/mol. The molecule has 2 aromatic heterocycles. The van der Waals surface area contributed by atoms with Crippen molar-refractivity contribution in [1.29, 1.82) is 0 Å². The largest absolute Gasteiger partial charge is 0.382 e. The summed E-state index contributed by atoms with van der Waals surface area (Å²) in [5.41, 5.74) is 7.29. The number of aromatic nitrogens is 2. The zero-order valence-corrected chi connectivity index (χ0v) is 11.8. The highest BCUT2D eigenvalue weighted by atomic mass is 32.1. The van der Waals surface area contributed by atoms with Crippen LogP contribution in [0.4, 0.5) is 5.82 Å². The Morgan fingerprint density at radius 3 is 2.62 bits per heavy atom. The van der Waals surface area contributed by atoms with Crippen molar-refractivity contribution in [2.24, 2.45) is 0 Å². The number of nitrogens with zero attached hydrogens (tertiary/aromatic N) is 2. The van der Waals surface area contributed by atoms with E-state index in [0.717, 1.165) is 21.0 Å². The van der Waals surface area contributed by atoms with Crippen LogP contribution in [0.1, 0.15) is 10.4 Å². The van der Waals surface area contributed by atoms with Gasteiger partial charge in [0, 0.05) is 20.9 Å². The zero-order valence-electron chi connectivity index (χ0n) is 11.0. The summed E-state index contributed by atoms with van der Waals surface area (Å²) < 4.78 is 2.48. The van der Waals surface area contributed by atoms with E-state index >= 15 is 0 Å². The van der Waals surface area contributed by atoms with E-state index in [1.54, 1.807) is 11.3 Å². The second-order valence-corrected chi connectivity index (χ2v) is 5.68. The lowest BCUT2D eigenvalue weighted by Crippen LogP contribution is -2.13. The molecule has 4 aromatic rings. The predicted octanol–water partition coefficient (Wildman–Crippen LogP) is 3.52.